The standard InChI is InChI=1S/C24H22FNO4/c1-29-19-11-7-16(8-12-19)22-23(26(24(22)28)18-5-3-2-4-6-18)21(27)15-30-20-13-9-17(25)10-14-20/h2-14,21-23,27H,15H2,1H3/t21-,22+,23-/m1/s1. The van der Waals surface area contributed by atoms with Gasteiger partial charge >= 0.3 is 0 Å². The third-order valence-corrected chi connectivity index (χ3v) is 5.28. The first kappa shape index (κ1) is 19.9. The van der Waals surface area contributed by atoms with Gasteiger partial charge in [-0.2, -0.15) is 0 Å². The van der Waals surface area contributed by atoms with Crippen LogP contribution >= 0.6 is 0 Å². The van der Waals surface area contributed by atoms with Crippen LogP contribution in [0.25, 0.3) is 0 Å². The Labute approximate surface area is 174 Å². The first-order chi connectivity index (χ1) is 14.6. The van der Waals surface area contributed by atoms with Crippen LogP contribution in [0.1, 0.15) is 11.5 Å². The number of para-hydroxylation sites is 1. The zero-order chi connectivity index (χ0) is 21.1. The number of carbonyl (C=O) groups excluding carboxylic acids is 1. The lowest BCUT2D eigenvalue weighted by molar-refractivity contribution is -0.129. The largest absolute Gasteiger partial charge is 0.497 e. The topological polar surface area (TPSA) is 59.0 Å². The number of amides is 1. The number of rotatable bonds is 7. The fourth-order valence-electron chi connectivity index (χ4n) is 3.75. The van der Waals surface area contributed by atoms with Crippen LogP contribution in [0.15, 0.2) is 78.9 Å². The Morgan fingerprint density at radius 2 is 1.60 bits per heavy atom. The van der Waals surface area contributed by atoms with Crippen molar-refractivity contribution >= 4 is 11.6 Å². The molecular formula is C24H22FNO4. The molecular weight excluding hydrogens is 385 g/mol. The monoisotopic (exact) mass is 407 g/mol. The van der Waals surface area contributed by atoms with Gasteiger partial charge in [-0.3, -0.25) is 4.79 Å². The lowest BCUT2D eigenvalue weighted by Crippen LogP contribution is -2.65. The van der Waals surface area contributed by atoms with Crippen LogP contribution in [0, 0.1) is 5.82 Å². The second-order valence-electron chi connectivity index (χ2n) is 7.12. The molecule has 0 bridgehead atoms. The summed E-state index contributed by atoms with van der Waals surface area (Å²) in [7, 11) is 1.58. The minimum absolute atomic E-state index is 0.0282. The highest BCUT2D eigenvalue weighted by Crippen LogP contribution is 2.41. The highest BCUT2D eigenvalue weighted by molar-refractivity contribution is 6.06. The lowest BCUT2D eigenvalue weighted by Gasteiger charge is -2.49. The van der Waals surface area contributed by atoms with E-state index < -0.39 is 18.1 Å². The van der Waals surface area contributed by atoms with E-state index in [9.17, 15) is 14.3 Å². The van der Waals surface area contributed by atoms with Gasteiger partial charge in [-0.05, 0) is 54.1 Å². The van der Waals surface area contributed by atoms with Crippen LogP contribution in [0.3, 0.4) is 0 Å². The van der Waals surface area contributed by atoms with Gasteiger partial charge in [-0.25, -0.2) is 4.39 Å². The molecule has 6 heteroatoms. The molecule has 0 aromatic heterocycles. The van der Waals surface area contributed by atoms with Crippen molar-refractivity contribution in [3.63, 3.8) is 0 Å². The van der Waals surface area contributed by atoms with Gasteiger partial charge in [0.05, 0.1) is 19.1 Å². The average Bonchev–Trinajstić information content (AvgIpc) is 2.78. The molecule has 0 spiro atoms. The molecule has 1 fully saturated rings. The number of halogens is 1. The number of carbonyl (C=O) groups is 1. The maximum Gasteiger partial charge on any atom is 0.237 e. The minimum Gasteiger partial charge on any atom is -0.497 e. The van der Waals surface area contributed by atoms with E-state index >= 15 is 0 Å². The van der Waals surface area contributed by atoms with Gasteiger partial charge < -0.3 is 19.5 Å². The molecule has 0 aliphatic carbocycles. The molecule has 0 saturated carbocycles. The van der Waals surface area contributed by atoms with E-state index in [2.05, 4.69) is 0 Å². The van der Waals surface area contributed by atoms with E-state index in [0.29, 0.717) is 11.5 Å². The maximum absolute atomic E-state index is 13.1. The van der Waals surface area contributed by atoms with Gasteiger partial charge in [0.2, 0.25) is 5.91 Å². The zero-order valence-electron chi connectivity index (χ0n) is 16.4. The predicted molar refractivity (Wildman–Crippen MR) is 111 cm³/mol. The van der Waals surface area contributed by atoms with E-state index in [-0.39, 0.29) is 18.3 Å². The first-order valence-electron chi connectivity index (χ1n) is 9.67. The van der Waals surface area contributed by atoms with Crippen molar-refractivity contribution in [3.05, 3.63) is 90.2 Å². The summed E-state index contributed by atoms with van der Waals surface area (Å²) in [5, 5.41) is 10.9. The summed E-state index contributed by atoms with van der Waals surface area (Å²) in [6.45, 7) is -0.0282. The molecule has 1 aliphatic rings. The van der Waals surface area contributed by atoms with Crippen LogP contribution in [-0.2, 0) is 4.79 Å². The Morgan fingerprint density at radius 1 is 0.967 bits per heavy atom. The van der Waals surface area contributed by atoms with Crippen LogP contribution in [0.2, 0.25) is 0 Å². The summed E-state index contributed by atoms with van der Waals surface area (Å²) in [4.78, 5) is 14.6. The smallest absolute Gasteiger partial charge is 0.237 e. The van der Waals surface area contributed by atoms with Crippen molar-refractivity contribution in [1.82, 2.24) is 0 Å². The molecule has 1 N–H and O–H groups in total. The zero-order valence-corrected chi connectivity index (χ0v) is 16.4. The Bertz CT molecular complexity index is 992. The highest BCUT2D eigenvalue weighted by Gasteiger charge is 2.52. The van der Waals surface area contributed by atoms with Crippen molar-refractivity contribution in [2.75, 3.05) is 18.6 Å². The van der Waals surface area contributed by atoms with Crippen LogP contribution in [0.4, 0.5) is 10.1 Å². The Hall–Kier alpha value is -3.38. The molecule has 3 atom stereocenters. The number of methoxy groups -OCH3 is 1. The lowest BCUT2D eigenvalue weighted by atomic mass is 9.78. The van der Waals surface area contributed by atoms with Crippen molar-refractivity contribution < 1.29 is 23.8 Å². The van der Waals surface area contributed by atoms with Crippen molar-refractivity contribution in [2.45, 2.75) is 18.1 Å². The number of ether oxygens (including phenoxy) is 2. The van der Waals surface area contributed by atoms with Crippen molar-refractivity contribution in [1.29, 1.82) is 0 Å². The Morgan fingerprint density at radius 3 is 2.23 bits per heavy atom. The molecule has 1 heterocycles. The fourth-order valence-corrected chi connectivity index (χ4v) is 3.75. The number of hydrogen-bond donors (Lipinski definition) is 1. The number of aliphatic hydroxyl groups is 1. The number of nitrogens with zero attached hydrogens (tertiary/aromatic N) is 1. The van der Waals surface area contributed by atoms with Crippen LogP contribution < -0.4 is 14.4 Å². The van der Waals surface area contributed by atoms with Crippen molar-refractivity contribution in [3.8, 4) is 11.5 Å². The summed E-state index contributed by atoms with van der Waals surface area (Å²) in [6, 6.07) is 21.6. The van der Waals surface area contributed by atoms with E-state index in [1.54, 1.807) is 24.1 Å². The second kappa shape index (κ2) is 8.55. The molecule has 154 valence electrons. The molecule has 0 unspecified atom stereocenters. The molecule has 1 aliphatic heterocycles. The van der Waals surface area contributed by atoms with E-state index in [1.165, 1.54) is 24.3 Å². The normalized spacial score (nSPS) is 19.2. The average molecular weight is 407 g/mol. The molecule has 1 saturated heterocycles. The number of β-lactam (4-membered cyclic amide) rings is 1. The van der Waals surface area contributed by atoms with Crippen LogP contribution in [-0.4, -0.2) is 36.9 Å². The number of aliphatic hydroxyl groups excluding tert-OH is 1. The third kappa shape index (κ3) is 3.86. The van der Waals surface area contributed by atoms with Gasteiger partial charge in [0.1, 0.15) is 30.0 Å². The Kier molecular flexibility index (Phi) is 5.68. The summed E-state index contributed by atoms with van der Waals surface area (Å²) >= 11 is 0. The number of anilines is 1. The number of benzene rings is 3. The second-order valence-corrected chi connectivity index (χ2v) is 7.12. The molecule has 30 heavy (non-hydrogen) atoms. The Balaban J connectivity index is 1.57. The summed E-state index contributed by atoms with van der Waals surface area (Å²) in [5.41, 5.74) is 1.52. The molecule has 0 radical (unpaired) electrons. The molecule has 3 aromatic carbocycles. The quantitative estimate of drug-likeness (QED) is 0.606. The van der Waals surface area contributed by atoms with Gasteiger partial charge in [-0.1, -0.05) is 30.3 Å². The summed E-state index contributed by atoms with van der Waals surface area (Å²) in [6.07, 6.45) is -0.944. The van der Waals surface area contributed by atoms with Gasteiger partial charge in [0.15, 0.2) is 0 Å². The summed E-state index contributed by atoms with van der Waals surface area (Å²) in [5.74, 6) is 0.206. The van der Waals surface area contributed by atoms with E-state index in [4.69, 9.17) is 9.47 Å². The van der Waals surface area contributed by atoms with Gasteiger partial charge in [0, 0.05) is 5.69 Å². The maximum atomic E-state index is 13.1. The van der Waals surface area contributed by atoms with Gasteiger partial charge in [-0.15, -0.1) is 0 Å². The fraction of sp³-hybridized carbons (Fsp3) is 0.208. The van der Waals surface area contributed by atoms with Crippen LogP contribution in [0.5, 0.6) is 11.5 Å². The van der Waals surface area contributed by atoms with E-state index in [1.807, 2.05) is 42.5 Å². The SMILES string of the molecule is COc1ccc([C@@H]2C(=O)N(c3ccccc3)[C@@H]2[C@H](O)COc2ccc(F)cc2)cc1. The van der Waals surface area contributed by atoms with Gasteiger partial charge in [0.25, 0.3) is 0 Å². The molecule has 4 rings (SSSR count). The number of hydrogen-bond acceptors (Lipinski definition) is 4. The highest BCUT2D eigenvalue weighted by atomic mass is 19.1. The predicted octanol–water partition coefficient (Wildman–Crippen LogP) is 3.77. The molecule has 1 amide bonds. The molecule has 5 nitrogen and oxygen atoms in total. The van der Waals surface area contributed by atoms with Crippen molar-refractivity contribution in [2.24, 2.45) is 0 Å². The summed E-state index contributed by atoms with van der Waals surface area (Å²) < 4.78 is 23.9. The minimum atomic E-state index is -0.944. The first-order valence-corrected chi connectivity index (χ1v) is 9.67. The molecule has 3 aromatic rings. The van der Waals surface area contributed by atoms with E-state index in [0.717, 1.165) is 11.3 Å². The third-order valence-electron chi connectivity index (χ3n) is 5.28.